The third-order valence-corrected chi connectivity index (χ3v) is 15.3. The number of aromatic nitrogens is 1. The second kappa shape index (κ2) is 16.3. The zero-order chi connectivity index (χ0) is 42.5. The number of benzene rings is 1. The van der Waals surface area contributed by atoms with Crippen molar-refractivity contribution in [3.63, 3.8) is 0 Å². The second-order valence-electron chi connectivity index (χ2n) is 18.0. The van der Waals surface area contributed by atoms with Gasteiger partial charge in [0.1, 0.15) is 19.3 Å². The molecule has 0 spiro atoms. The van der Waals surface area contributed by atoms with Crippen LogP contribution in [0.25, 0.3) is 10.8 Å². The lowest BCUT2D eigenvalue weighted by Crippen LogP contribution is -2.48. The molecule has 1 saturated heterocycles. The Labute approximate surface area is 344 Å². The van der Waals surface area contributed by atoms with E-state index >= 15 is 4.79 Å². The Balaban J connectivity index is 1.24. The Morgan fingerprint density at radius 3 is 2.56 bits per heavy atom. The highest BCUT2D eigenvalue weighted by atomic mass is 32.2. The number of hydrogen-bond acceptors (Lipinski definition) is 11. The molecule has 2 amide bonds. The molecule has 0 bridgehead atoms. The maximum atomic E-state index is 15.0. The van der Waals surface area contributed by atoms with Crippen LogP contribution in [-0.2, 0) is 33.9 Å². The molecular formula is C43H55F2N3O10S. The maximum absolute atomic E-state index is 15.0. The Morgan fingerprint density at radius 2 is 1.85 bits per heavy atom. The lowest BCUT2D eigenvalue weighted by Gasteiger charge is -2.34. The minimum absolute atomic E-state index is 0.0184. The number of carbonyl (C=O) groups excluding carboxylic acids is 4. The number of amides is 2. The quantitative estimate of drug-likeness (QED) is 0.210. The van der Waals surface area contributed by atoms with Gasteiger partial charge in [-0.1, -0.05) is 32.4 Å². The topological polar surface area (TPSA) is 168 Å². The predicted molar refractivity (Wildman–Crippen MR) is 212 cm³/mol. The van der Waals surface area contributed by atoms with Crippen molar-refractivity contribution in [3.8, 4) is 17.4 Å². The zero-order valence-corrected chi connectivity index (χ0v) is 35.2. The van der Waals surface area contributed by atoms with Crippen molar-refractivity contribution in [3.05, 3.63) is 36.5 Å². The summed E-state index contributed by atoms with van der Waals surface area (Å²) < 4.78 is 78.9. The van der Waals surface area contributed by atoms with E-state index in [2.05, 4.69) is 9.71 Å². The molecule has 4 heterocycles. The van der Waals surface area contributed by atoms with E-state index in [1.54, 1.807) is 31.3 Å². The van der Waals surface area contributed by atoms with Gasteiger partial charge in [0.2, 0.25) is 27.7 Å². The highest BCUT2D eigenvalue weighted by molar-refractivity contribution is 7.91. The molecule has 1 aromatic carbocycles. The summed E-state index contributed by atoms with van der Waals surface area (Å²) in [7, 11) is -4.01. The molecule has 1 aromatic heterocycles. The van der Waals surface area contributed by atoms with Gasteiger partial charge in [-0.25, -0.2) is 22.2 Å². The first-order valence-corrected chi connectivity index (χ1v) is 22.3. The third kappa shape index (κ3) is 8.65. The average Bonchev–Trinajstić information content (AvgIpc) is 4.07. The van der Waals surface area contributed by atoms with Crippen molar-refractivity contribution in [2.24, 2.45) is 29.1 Å². The summed E-state index contributed by atoms with van der Waals surface area (Å²) in [6.45, 7) is 8.45. The van der Waals surface area contributed by atoms with Gasteiger partial charge in [-0.05, 0) is 95.2 Å². The first-order valence-electron chi connectivity index (χ1n) is 20.8. The molecule has 3 fully saturated rings. The number of halogens is 2. The molecule has 7 atom stereocenters. The van der Waals surface area contributed by atoms with Crippen molar-refractivity contribution in [1.29, 1.82) is 0 Å². The van der Waals surface area contributed by atoms with Crippen molar-refractivity contribution in [2.45, 2.75) is 128 Å². The number of Topliss-reactive ketones (excluding diaryl/α,β-unsaturated/α-hetero) is 1. The normalized spacial score (nSPS) is 30.1. The van der Waals surface area contributed by atoms with Gasteiger partial charge >= 0.3 is 5.97 Å². The Bertz CT molecular complexity index is 2120. The molecular weight excluding hydrogens is 789 g/mol. The smallest absolute Gasteiger partial charge is 0.307 e. The fourth-order valence-corrected chi connectivity index (χ4v) is 10.2. The van der Waals surface area contributed by atoms with Crippen LogP contribution < -0.4 is 18.9 Å². The molecule has 3 aliphatic heterocycles. The van der Waals surface area contributed by atoms with Crippen LogP contribution in [0.15, 0.2) is 36.5 Å². The monoisotopic (exact) mass is 843 g/mol. The van der Waals surface area contributed by atoms with Crippen LogP contribution in [0, 0.1) is 29.1 Å². The number of hydrogen-bond donors (Lipinski definition) is 1. The Hall–Kier alpha value is -4.34. The summed E-state index contributed by atoms with van der Waals surface area (Å²) >= 11 is 0. The van der Waals surface area contributed by atoms with Crippen LogP contribution in [0.1, 0.15) is 98.8 Å². The lowest BCUT2D eigenvalue weighted by molar-refractivity contribution is -0.174. The number of pyridine rings is 1. The Kier molecular flexibility index (Phi) is 11.8. The highest BCUT2D eigenvalue weighted by Gasteiger charge is 2.63. The van der Waals surface area contributed by atoms with E-state index in [1.807, 2.05) is 26.0 Å². The number of sulfonamides is 1. The zero-order valence-electron chi connectivity index (χ0n) is 34.3. The van der Waals surface area contributed by atoms with E-state index in [-0.39, 0.29) is 43.5 Å². The number of allylic oxidation sites excluding steroid dienone is 2. The number of ether oxygens (including phenoxy) is 4. The van der Waals surface area contributed by atoms with Gasteiger partial charge < -0.3 is 23.8 Å². The van der Waals surface area contributed by atoms with Gasteiger partial charge in [0.05, 0.1) is 35.1 Å². The van der Waals surface area contributed by atoms with Crippen LogP contribution >= 0.6 is 0 Å². The fraction of sp³-hybridized carbons (Fsp3) is 0.651. The first kappa shape index (κ1) is 42.8. The number of fused-ring (bicyclic) bond motifs is 5. The summed E-state index contributed by atoms with van der Waals surface area (Å²) in [5, 5.41) is 1.32. The highest BCUT2D eigenvalue weighted by Crippen LogP contribution is 2.58. The maximum Gasteiger partial charge on any atom is 0.307 e. The molecule has 13 nitrogen and oxygen atoms in total. The van der Waals surface area contributed by atoms with E-state index in [0.29, 0.717) is 67.6 Å². The van der Waals surface area contributed by atoms with Crippen LogP contribution in [0.2, 0.25) is 0 Å². The van der Waals surface area contributed by atoms with Gasteiger partial charge in [0.15, 0.2) is 22.9 Å². The summed E-state index contributed by atoms with van der Waals surface area (Å²) in [6, 6.07) is 4.22. The van der Waals surface area contributed by atoms with E-state index < -0.39 is 86.2 Å². The molecule has 1 N–H and O–H groups in total. The molecule has 2 aliphatic carbocycles. The van der Waals surface area contributed by atoms with Crippen LogP contribution in [0.5, 0.6) is 17.4 Å². The van der Waals surface area contributed by atoms with Gasteiger partial charge in [0, 0.05) is 29.8 Å². The fourth-order valence-electron chi connectivity index (χ4n) is 8.89. The van der Waals surface area contributed by atoms with Crippen molar-refractivity contribution >= 4 is 44.4 Å². The molecule has 0 radical (unpaired) electrons. The minimum Gasteiger partial charge on any atom is -0.486 e. The van der Waals surface area contributed by atoms with Gasteiger partial charge in [-0.3, -0.25) is 23.9 Å². The van der Waals surface area contributed by atoms with Crippen molar-refractivity contribution in [2.75, 3.05) is 19.8 Å². The summed E-state index contributed by atoms with van der Waals surface area (Å²) in [5.74, 6) is -2.99. The minimum atomic E-state index is -4.01. The summed E-state index contributed by atoms with van der Waals surface area (Å²) in [4.78, 5) is 63.2. The SMILES string of the molecule is CC[C@@H]1C[C@@H](C)CC/C=C\[C@@H]2C[C@@]2(C(=O)NS(=O)(=O)C2(C)CC2)CC(=O)[C@@H]2C[C@@H](Oc3nccc4c5c(ccc34)OCCO5)CN2C(=O)[C@H]1CC(=O)OC(C)(C)C(F)F. The summed E-state index contributed by atoms with van der Waals surface area (Å²) in [5.41, 5.74) is -3.44. The van der Waals surface area contributed by atoms with Gasteiger partial charge in [0.25, 0.3) is 6.43 Å². The number of nitrogens with one attached hydrogen (secondary N) is 1. The largest absolute Gasteiger partial charge is 0.486 e. The van der Waals surface area contributed by atoms with E-state index in [0.717, 1.165) is 20.3 Å². The number of alkyl halides is 2. The Morgan fingerprint density at radius 1 is 1.10 bits per heavy atom. The van der Waals surface area contributed by atoms with Gasteiger partial charge in [-0.15, -0.1) is 0 Å². The molecule has 322 valence electrons. The lowest BCUT2D eigenvalue weighted by atomic mass is 9.79. The van der Waals surface area contributed by atoms with Crippen molar-refractivity contribution in [1.82, 2.24) is 14.6 Å². The number of nitrogens with zero attached hydrogens (tertiary/aromatic N) is 2. The average molecular weight is 844 g/mol. The summed E-state index contributed by atoms with van der Waals surface area (Å²) in [6.07, 6.45) is 4.38. The number of rotatable bonds is 10. The standard InChI is InChI=1S/C43H55F2N3O10S/c1-6-26-19-25(2)9-7-8-10-27-22-43(27,40(52)47-59(53,54)42(5)14-15-42)23-33(49)32-20-28(24-48(32)38(51)31(26)21-35(50)58-41(3,4)39(44)45)57-37-30-11-12-34-36(56-18-17-55-34)29(30)13-16-46-37/h8,10-13,16,25-28,31-32,39H,6-7,9,14-15,17-24H2,1-5H3,(H,47,52)/b10-8-/t25-,26+,27+,28+,31-,32-,43+/m0/s1. The van der Waals surface area contributed by atoms with E-state index in [4.69, 9.17) is 18.9 Å². The predicted octanol–water partition coefficient (Wildman–Crippen LogP) is 6.31. The second-order valence-corrected chi connectivity index (χ2v) is 20.2. The van der Waals surface area contributed by atoms with Crippen LogP contribution in [-0.4, -0.2) is 90.5 Å². The molecule has 7 rings (SSSR count). The molecule has 16 heteroatoms. The number of carbonyl (C=O) groups is 4. The molecule has 59 heavy (non-hydrogen) atoms. The van der Waals surface area contributed by atoms with Gasteiger partial charge in [-0.2, -0.15) is 0 Å². The van der Waals surface area contributed by atoms with E-state index in [1.165, 1.54) is 4.90 Å². The third-order valence-electron chi connectivity index (χ3n) is 13.1. The molecule has 2 saturated carbocycles. The molecule has 2 aromatic rings. The first-order chi connectivity index (χ1) is 27.9. The number of esters is 1. The van der Waals surface area contributed by atoms with E-state index in [9.17, 15) is 31.6 Å². The van der Waals surface area contributed by atoms with Crippen LogP contribution in [0.4, 0.5) is 8.78 Å². The molecule has 0 unspecified atom stereocenters. The van der Waals surface area contributed by atoms with Crippen LogP contribution in [0.3, 0.4) is 0 Å². The molecule has 5 aliphatic rings. The number of ketones is 1. The van der Waals surface area contributed by atoms with Crippen molar-refractivity contribution < 1.29 is 55.3 Å².